The lowest BCUT2D eigenvalue weighted by Crippen LogP contribution is -2.26. The number of nitrogens with zero attached hydrogens (tertiary/aromatic N) is 2. The standard InChI is InChI=1S/C13H20N6O3/c1-8(20)17-9-3-4-11(22-6-5-21-2)10(7-9)18-13(16)19-12(14)15/h3-4,7H,5-6H2,1-2H3,(H,17,20)(H6,14,15,16,18,19). The number of rotatable bonds is 6. The number of aliphatic imine (C=N–C) groups is 2. The number of methoxy groups -OCH3 is 1. The molecule has 0 spiro atoms. The minimum absolute atomic E-state index is 0.128. The molecule has 1 rings (SSSR count). The van der Waals surface area contributed by atoms with E-state index in [1.165, 1.54) is 6.92 Å². The Balaban J connectivity index is 3.10. The summed E-state index contributed by atoms with van der Waals surface area (Å²) in [4.78, 5) is 18.8. The fourth-order valence-electron chi connectivity index (χ4n) is 1.52. The van der Waals surface area contributed by atoms with E-state index in [4.69, 9.17) is 26.7 Å². The lowest BCUT2D eigenvalue weighted by Gasteiger charge is -2.10. The van der Waals surface area contributed by atoms with E-state index in [1.54, 1.807) is 25.3 Å². The smallest absolute Gasteiger partial charge is 0.223 e. The fraction of sp³-hybridized carbons (Fsp3) is 0.308. The maximum absolute atomic E-state index is 11.1. The van der Waals surface area contributed by atoms with Crippen LogP contribution in [0.2, 0.25) is 0 Å². The summed E-state index contributed by atoms with van der Waals surface area (Å²) in [6, 6.07) is 4.93. The van der Waals surface area contributed by atoms with Gasteiger partial charge in [-0.05, 0) is 18.2 Å². The zero-order valence-electron chi connectivity index (χ0n) is 12.5. The molecule has 0 unspecified atom stereocenters. The van der Waals surface area contributed by atoms with Gasteiger partial charge in [0.05, 0.1) is 6.61 Å². The summed E-state index contributed by atoms with van der Waals surface area (Å²) in [6.07, 6.45) is 0. The van der Waals surface area contributed by atoms with Crippen molar-refractivity contribution in [2.75, 3.05) is 25.6 Å². The Morgan fingerprint density at radius 2 is 2.00 bits per heavy atom. The second-order valence-electron chi connectivity index (χ2n) is 4.21. The molecule has 9 heteroatoms. The number of nitrogens with one attached hydrogen (secondary N) is 1. The average Bonchev–Trinajstić information content (AvgIpc) is 2.39. The van der Waals surface area contributed by atoms with Gasteiger partial charge < -0.3 is 32.0 Å². The summed E-state index contributed by atoms with van der Waals surface area (Å²) < 4.78 is 10.4. The van der Waals surface area contributed by atoms with Crippen LogP contribution in [-0.2, 0) is 9.53 Å². The van der Waals surface area contributed by atoms with Crippen LogP contribution < -0.4 is 27.3 Å². The molecule has 0 aliphatic heterocycles. The highest BCUT2D eigenvalue weighted by Crippen LogP contribution is 2.31. The molecule has 7 N–H and O–H groups in total. The molecule has 0 atom stereocenters. The van der Waals surface area contributed by atoms with Crippen LogP contribution in [0.1, 0.15) is 6.92 Å². The number of carbonyl (C=O) groups excluding carboxylic acids is 1. The maximum Gasteiger partial charge on any atom is 0.223 e. The summed E-state index contributed by atoms with van der Waals surface area (Å²) >= 11 is 0. The van der Waals surface area contributed by atoms with Crippen molar-refractivity contribution in [3.63, 3.8) is 0 Å². The van der Waals surface area contributed by atoms with Crippen molar-refractivity contribution in [2.45, 2.75) is 6.92 Å². The number of ether oxygens (including phenoxy) is 2. The first kappa shape index (κ1) is 17.2. The van der Waals surface area contributed by atoms with E-state index in [0.717, 1.165) is 0 Å². The van der Waals surface area contributed by atoms with Crippen LogP contribution in [0.4, 0.5) is 11.4 Å². The Morgan fingerprint density at radius 3 is 2.59 bits per heavy atom. The van der Waals surface area contributed by atoms with E-state index in [9.17, 15) is 4.79 Å². The van der Waals surface area contributed by atoms with Gasteiger partial charge in [0.15, 0.2) is 5.96 Å². The van der Waals surface area contributed by atoms with E-state index >= 15 is 0 Å². The second-order valence-corrected chi connectivity index (χ2v) is 4.21. The predicted molar refractivity (Wildman–Crippen MR) is 85.2 cm³/mol. The van der Waals surface area contributed by atoms with Crippen molar-refractivity contribution in [3.05, 3.63) is 18.2 Å². The van der Waals surface area contributed by atoms with Crippen LogP contribution in [0.25, 0.3) is 0 Å². The number of benzene rings is 1. The van der Waals surface area contributed by atoms with Crippen molar-refractivity contribution in [1.29, 1.82) is 0 Å². The Morgan fingerprint density at radius 1 is 1.27 bits per heavy atom. The highest BCUT2D eigenvalue weighted by Gasteiger charge is 2.07. The Kier molecular flexibility index (Phi) is 6.64. The molecule has 0 aliphatic rings. The normalized spacial score (nSPS) is 10.9. The average molecular weight is 308 g/mol. The molecule has 1 amide bonds. The molecule has 22 heavy (non-hydrogen) atoms. The third-order valence-electron chi connectivity index (χ3n) is 2.30. The summed E-state index contributed by atoms with van der Waals surface area (Å²) in [5.41, 5.74) is 17.0. The van der Waals surface area contributed by atoms with Crippen molar-refractivity contribution >= 4 is 29.2 Å². The Hall–Kier alpha value is -2.81. The number of hydrogen-bond donors (Lipinski definition) is 4. The number of guanidine groups is 2. The maximum atomic E-state index is 11.1. The molecular formula is C13H20N6O3. The monoisotopic (exact) mass is 308 g/mol. The highest BCUT2D eigenvalue weighted by atomic mass is 16.5. The zero-order chi connectivity index (χ0) is 16.5. The first-order valence-electron chi connectivity index (χ1n) is 6.39. The van der Waals surface area contributed by atoms with Crippen molar-refractivity contribution in [3.8, 4) is 5.75 Å². The number of anilines is 1. The molecule has 120 valence electrons. The Labute approximate surface area is 128 Å². The molecule has 0 aromatic heterocycles. The fourth-order valence-corrected chi connectivity index (χ4v) is 1.52. The molecule has 0 radical (unpaired) electrons. The number of carbonyl (C=O) groups is 1. The second kappa shape index (κ2) is 8.47. The van der Waals surface area contributed by atoms with Crippen molar-refractivity contribution < 1.29 is 14.3 Å². The summed E-state index contributed by atoms with van der Waals surface area (Å²) in [6.45, 7) is 2.15. The number of amides is 1. The minimum Gasteiger partial charge on any atom is -0.489 e. The van der Waals surface area contributed by atoms with Crippen LogP contribution in [0.3, 0.4) is 0 Å². The Bertz CT molecular complexity index is 581. The molecular weight excluding hydrogens is 288 g/mol. The van der Waals surface area contributed by atoms with Gasteiger partial charge in [-0.2, -0.15) is 4.99 Å². The van der Waals surface area contributed by atoms with Crippen LogP contribution in [-0.4, -0.2) is 38.1 Å². The summed E-state index contributed by atoms with van der Waals surface area (Å²) in [7, 11) is 1.57. The van der Waals surface area contributed by atoms with Gasteiger partial charge >= 0.3 is 0 Å². The van der Waals surface area contributed by atoms with E-state index in [1.807, 2.05) is 0 Å². The molecule has 0 fully saturated rings. The molecule has 0 bridgehead atoms. The SMILES string of the molecule is COCCOc1ccc(NC(C)=O)cc1N=C(N)N=C(N)N. The van der Waals surface area contributed by atoms with Gasteiger partial charge in [0.1, 0.15) is 18.0 Å². The zero-order valence-corrected chi connectivity index (χ0v) is 12.5. The molecule has 0 heterocycles. The molecule has 0 aliphatic carbocycles. The predicted octanol–water partition coefficient (Wildman–Crippen LogP) is -0.110. The first-order valence-corrected chi connectivity index (χ1v) is 6.39. The first-order chi connectivity index (χ1) is 10.4. The lowest BCUT2D eigenvalue weighted by atomic mass is 10.2. The van der Waals surface area contributed by atoms with Crippen molar-refractivity contribution in [1.82, 2.24) is 0 Å². The quantitative estimate of drug-likeness (QED) is 0.327. The van der Waals surface area contributed by atoms with Crippen LogP contribution in [0.15, 0.2) is 28.2 Å². The molecule has 9 nitrogen and oxygen atoms in total. The van der Waals surface area contributed by atoms with Gasteiger partial charge in [-0.3, -0.25) is 4.79 Å². The van der Waals surface area contributed by atoms with Crippen LogP contribution in [0, 0.1) is 0 Å². The van der Waals surface area contributed by atoms with Gasteiger partial charge in [-0.15, -0.1) is 0 Å². The number of hydrogen-bond acceptors (Lipinski definition) is 4. The topological polar surface area (TPSA) is 150 Å². The molecule has 0 saturated heterocycles. The largest absolute Gasteiger partial charge is 0.489 e. The van der Waals surface area contributed by atoms with E-state index in [-0.39, 0.29) is 17.8 Å². The van der Waals surface area contributed by atoms with E-state index < -0.39 is 0 Å². The van der Waals surface area contributed by atoms with Crippen molar-refractivity contribution in [2.24, 2.45) is 27.2 Å². The van der Waals surface area contributed by atoms with Gasteiger partial charge in [0.2, 0.25) is 11.9 Å². The van der Waals surface area contributed by atoms with Gasteiger partial charge in [-0.25, -0.2) is 4.99 Å². The van der Waals surface area contributed by atoms with Crippen LogP contribution >= 0.6 is 0 Å². The third-order valence-corrected chi connectivity index (χ3v) is 2.30. The summed E-state index contributed by atoms with van der Waals surface area (Å²) in [5, 5.41) is 2.64. The van der Waals surface area contributed by atoms with E-state index in [0.29, 0.717) is 30.3 Å². The van der Waals surface area contributed by atoms with Gasteiger partial charge in [-0.1, -0.05) is 0 Å². The van der Waals surface area contributed by atoms with Crippen LogP contribution in [0.5, 0.6) is 5.75 Å². The molecule has 0 saturated carbocycles. The molecule has 1 aromatic rings. The van der Waals surface area contributed by atoms with E-state index in [2.05, 4.69) is 15.3 Å². The lowest BCUT2D eigenvalue weighted by molar-refractivity contribution is -0.114. The summed E-state index contributed by atoms with van der Waals surface area (Å²) in [5.74, 6) is -0.0854. The molecule has 1 aromatic carbocycles. The third kappa shape index (κ3) is 6.09. The number of nitrogens with two attached hydrogens (primary N) is 3. The van der Waals surface area contributed by atoms with Gasteiger partial charge in [0, 0.05) is 19.7 Å². The highest BCUT2D eigenvalue weighted by molar-refractivity contribution is 5.94. The minimum atomic E-state index is -0.208. The van der Waals surface area contributed by atoms with Gasteiger partial charge in [0.25, 0.3) is 0 Å².